The number of aliphatic hydroxyl groups is 1. The Kier molecular flexibility index (Phi) is 7.23. The maximum absolute atomic E-state index is 13.2. The van der Waals surface area contributed by atoms with Gasteiger partial charge < -0.3 is 15.2 Å². The number of alkyl halides is 3. The average molecular weight is 464 g/mol. The summed E-state index contributed by atoms with van der Waals surface area (Å²) in [4.78, 5) is 23.0. The highest BCUT2D eigenvalue weighted by Gasteiger charge is 2.35. The maximum atomic E-state index is 13.2. The second-order valence-electron chi connectivity index (χ2n) is 6.05. The summed E-state index contributed by atoms with van der Waals surface area (Å²) in [6.45, 7) is -0.742. The molecule has 3 N–H and O–H groups in total. The van der Waals surface area contributed by atoms with Crippen LogP contribution in [0.5, 0.6) is 0 Å². The van der Waals surface area contributed by atoms with Gasteiger partial charge in [-0.25, -0.2) is 17.6 Å². The molecule has 13 heteroatoms. The lowest BCUT2D eigenvalue weighted by Crippen LogP contribution is -2.44. The first kappa shape index (κ1) is 24.1. The van der Waals surface area contributed by atoms with Crippen LogP contribution in [0.1, 0.15) is 15.9 Å². The van der Waals surface area contributed by atoms with Gasteiger partial charge in [-0.3, -0.25) is 9.52 Å². The Bertz CT molecular complexity index is 1070. The monoisotopic (exact) mass is 464 g/mol. The summed E-state index contributed by atoms with van der Waals surface area (Å²) in [5.74, 6) is -2.93. The number of amides is 1. The van der Waals surface area contributed by atoms with Crippen molar-refractivity contribution in [3.05, 3.63) is 59.4 Å². The summed E-state index contributed by atoms with van der Waals surface area (Å²) in [5.41, 5.74) is -2.48. The van der Waals surface area contributed by atoms with Crippen molar-refractivity contribution < 1.29 is 45.4 Å². The fourth-order valence-electron chi connectivity index (χ4n) is 2.39. The van der Waals surface area contributed by atoms with Crippen LogP contribution >= 0.6 is 0 Å². The lowest BCUT2D eigenvalue weighted by molar-refractivity contribution is -0.143. The highest BCUT2D eigenvalue weighted by atomic mass is 32.2. The van der Waals surface area contributed by atoms with Crippen LogP contribution in [0.25, 0.3) is 0 Å². The Balaban J connectivity index is 2.25. The van der Waals surface area contributed by atoms with Crippen LogP contribution < -0.4 is 10.0 Å². The number of rotatable bonds is 7. The zero-order chi connectivity index (χ0) is 23.4. The number of sulfonamides is 1. The molecule has 31 heavy (non-hydrogen) atoms. The van der Waals surface area contributed by atoms with E-state index >= 15 is 0 Å². The third-order valence-electron chi connectivity index (χ3n) is 3.93. The molecule has 0 heterocycles. The van der Waals surface area contributed by atoms with Gasteiger partial charge in [-0.05, 0) is 42.5 Å². The molecule has 0 aliphatic rings. The number of nitrogens with one attached hydrogen (secondary N) is 2. The number of halogens is 4. The van der Waals surface area contributed by atoms with Crippen molar-refractivity contribution in [3.8, 4) is 0 Å². The molecule has 0 radical (unpaired) electrons. The molecule has 0 aliphatic heterocycles. The molecule has 2 aromatic carbocycles. The molecule has 0 fully saturated rings. The standard InChI is InChI=1S/C18H16F4N2O6S/c1-30-17(27)15(9-25)23-16(26)10-2-5-12(6-3-10)31(28,29)24-14-7-4-11(19)8-13(14)18(20,21)22/h2-8,15,24-25H,9H2,1H3,(H,23,26). The smallest absolute Gasteiger partial charge is 0.418 e. The van der Waals surface area contributed by atoms with Crippen LogP contribution in [0.3, 0.4) is 0 Å². The van der Waals surface area contributed by atoms with Gasteiger partial charge in [0.1, 0.15) is 5.82 Å². The minimum absolute atomic E-state index is 0.0981. The van der Waals surface area contributed by atoms with E-state index in [0.29, 0.717) is 12.1 Å². The molecule has 0 spiro atoms. The molecular weight excluding hydrogens is 448 g/mol. The summed E-state index contributed by atoms with van der Waals surface area (Å²) in [5, 5.41) is 11.3. The highest BCUT2D eigenvalue weighted by Crippen LogP contribution is 2.36. The maximum Gasteiger partial charge on any atom is 0.418 e. The van der Waals surface area contributed by atoms with Crippen LogP contribution in [-0.2, 0) is 25.7 Å². The van der Waals surface area contributed by atoms with Crippen molar-refractivity contribution in [2.45, 2.75) is 17.1 Å². The molecule has 8 nitrogen and oxygen atoms in total. The number of hydrogen-bond donors (Lipinski definition) is 3. The van der Waals surface area contributed by atoms with E-state index in [1.807, 2.05) is 0 Å². The number of ether oxygens (including phenoxy) is 1. The molecule has 0 aromatic heterocycles. The Labute approximate surface area is 173 Å². The van der Waals surface area contributed by atoms with Crippen LogP contribution in [-0.4, -0.2) is 45.2 Å². The van der Waals surface area contributed by atoms with Gasteiger partial charge in [0.2, 0.25) is 0 Å². The average Bonchev–Trinajstić information content (AvgIpc) is 2.71. The highest BCUT2D eigenvalue weighted by molar-refractivity contribution is 7.92. The van der Waals surface area contributed by atoms with Crippen molar-refractivity contribution in [2.24, 2.45) is 0 Å². The van der Waals surface area contributed by atoms with Gasteiger partial charge in [0.25, 0.3) is 15.9 Å². The minimum atomic E-state index is -5.01. The molecule has 2 aromatic rings. The summed E-state index contributed by atoms with van der Waals surface area (Å²) in [6.07, 6.45) is -5.01. The van der Waals surface area contributed by atoms with E-state index in [4.69, 9.17) is 5.11 Å². The number of aliphatic hydroxyl groups excluding tert-OH is 1. The van der Waals surface area contributed by atoms with Crippen LogP contribution in [0, 0.1) is 5.82 Å². The van der Waals surface area contributed by atoms with Crippen molar-refractivity contribution in [1.82, 2.24) is 5.32 Å². The summed E-state index contributed by atoms with van der Waals surface area (Å²) in [6, 6.07) is 4.10. The molecule has 0 bridgehead atoms. The molecule has 168 valence electrons. The van der Waals surface area contributed by atoms with Gasteiger partial charge in [0, 0.05) is 5.56 Å². The van der Waals surface area contributed by atoms with Gasteiger partial charge in [-0.15, -0.1) is 0 Å². The number of methoxy groups -OCH3 is 1. The predicted molar refractivity (Wildman–Crippen MR) is 99.0 cm³/mol. The quantitative estimate of drug-likeness (QED) is 0.425. The summed E-state index contributed by atoms with van der Waals surface area (Å²) < 4.78 is 83.4. The van der Waals surface area contributed by atoms with Gasteiger partial charge in [-0.1, -0.05) is 0 Å². The van der Waals surface area contributed by atoms with E-state index in [1.165, 1.54) is 0 Å². The Hall–Kier alpha value is -3.19. The fraction of sp³-hybridized carbons (Fsp3) is 0.222. The molecule has 1 atom stereocenters. The third-order valence-corrected chi connectivity index (χ3v) is 5.31. The largest absolute Gasteiger partial charge is 0.467 e. The lowest BCUT2D eigenvalue weighted by Gasteiger charge is -2.15. The fourth-order valence-corrected chi connectivity index (χ4v) is 3.47. The van der Waals surface area contributed by atoms with Gasteiger partial charge in [-0.2, -0.15) is 13.2 Å². The first-order valence-corrected chi connectivity index (χ1v) is 9.86. The molecule has 1 unspecified atom stereocenters. The molecule has 2 rings (SSSR count). The Morgan fingerprint density at radius 3 is 2.26 bits per heavy atom. The SMILES string of the molecule is COC(=O)C(CO)NC(=O)c1ccc(S(=O)(=O)Nc2ccc(F)cc2C(F)(F)F)cc1. The third kappa shape index (κ3) is 5.92. The summed E-state index contributed by atoms with van der Waals surface area (Å²) in [7, 11) is -3.46. The predicted octanol–water partition coefficient (Wildman–Crippen LogP) is 1.91. The Morgan fingerprint density at radius 2 is 1.74 bits per heavy atom. The topological polar surface area (TPSA) is 122 Å². The van der Waals surface area contributed by atoms with Crippen molar-refractivity contribution >= 4 is 27.6 Å². The van der Waals surface area contributed by atoms with Gasteiger partial charge in [0.05, 0.1) is 29.9 Å². The number of esters is 1. The number of carbonyl (C=O) groups excluding carboxylic acids is 2. The number of benzene rings is 2. The van der Waals surface area contributed by atoms with E-state index in [2.05, 4.69) is 10.1 Å². The van der Waals surface area contributed by atoms with Gasteiger partial charge >= 0.3 is 12.1 Å². The van der Waals surface area contributed by atoms with Crippen LogP contribution in [0.4, 0.5) is 23.2 Å². The first-order valence-electron chi connectivity index (χ1n) is 8.38. The van der Waals surface area contributed by atoms with Crippen LogP contribution in [0.15, 0.2) is 47.4 Å². The lowest BCUT2D eigenvalue weighted by atomic mass is 10.2. The zero-order valence-corrected chi connectivity index (χ0v) is 16.6. The second kappa shape index (κ2) is 9.31. The summed E-state index contributed by atoms with van der Waals surface area (Å²) >= 11 is 0. The normalized spacial score (nSPS) is 12.7. The minimum Gasteiger partial charge on any atom is -0.467 e. The molecule has 1 amide bonds. The Morgan fingerprint density at radius 1 is 1.13 bits per heavy atom. The first-order chi connectivity index (χ1) is 14.4. The zero-order valence-electron chi connectivity index (χ0n) is 15.7. The molecule has 0 aliphatic carbocycles. The second-order valence-corrected chi connectivity index (χ2v) is 7.73. The van der Waals surface area contributed by atoms with Gasteiger partial charge in [0.15, 0.2) is 6.04 Å². The van der Waals surface area contributed by atoms with E-state index in [1.54, 1.807) is 4.72 Å². The van der Waals surface area contributed by atoms with E-state index in [-0.39, 0.29) is 11.6 Å². The van der Waals surface area contributed by atoms with E-state index < -0.39 is 62.7 Å². The van der Waals surface area contributed by atoms with Crippen LogP contribution in [0.2, 0.25) is 0 Å². The molecular formula is C18H16F4N2O6S. The molecule has 0 saturated carbocycles. The number of hydrogen-bond acceptors (Lipinski definition) is 6. The van der Waals surface area contributed by atoms with E-state index in [9.17, 15) is 35.6 Å². The van der Waals surface area contributed by atoms with E-state index in [0.717, 1.165) is 31.4 Å². The van der Waals surface area contributed by atoms with Crippen molar-refractivity contribution in [3.63, 3.8) is 0 Å². The number of anilines is 1. The van der Waals surface area contributed by atoms with Crippen molar-refractivity contribution in [2.75, 3.05) is 18.4 Å². The molecule has 0 saturated heterocycles. The number of carbonyl (C=O) groups is 2. The van der Waals surface area contributed by atoms with Crippen molar-refractivity contribution in [1.29, 1.82) is 0 Å².